The highest BCUT2D eigenvalue weighted by atomic mass is 35.5. The fraction of sp³-hybridized carbons (Fsp3) is 0.375. The fourth-order valence-electron chi connectivity index (χ4n) is 2.64. The molecule has 0 atom stereocenters. The predicted molar refractivity (Wildman–Crippen MR) is 87.3 cm³/mol. The van der Waals surface area contributed by atoms with E-state index in [-0.39, 0.29) is 0 Å². The van der Waals surface area contributed by atoms with Crippen LogP contribution in [0.4, 0.5) is 17.5 Å². The van der Waals surface area contributed by atoms with Gasteiger partial charge in [-0.2, -0.15) is 4.98 Å². The van der Waals surface area contributed by atoms with Gasteiger partial charge in [-0.25, -0.2) is 4.98 Å². The first kappa shape index (κ1) is 14.1. The molecule has 1 saturated carbocycles. The second-order valence-electron chi connectivity index (χ2n) is 5.35. The summed E-state index contributed by atoms with van der Waals surface area (Å²) in [4.78, 5) is 8.76. The van der Waals surface area contributed by atoms with Crippen LogP contribution in [0.3, 0.4) is 0 Å². The highest BCUT2D eigenvalue weighted by molar-refractivity contribution is 6.33. The van der Waals surface area contributed by atoms with Gasteiger partial charge in [-0.05, 0) is 31.0 Å². The number of benzene rings is 1. The Morgan fingerprint density at radius 3 is 2.67 bits per heavy atom. The molecule has 3 rings (SSSR count). The number of rotatable bonds is 4. The van der Waals surface area contributed by atoms with E-state index < -0.39 is 0 Å². The van der Waals surface area contributed by atoms with Crippen molar-refractivity contribution in [2.75, 3.05) is 10.6 Å². The standard InChI is InChI=1S/C16H19ClN4/c17-13-8-4-5-9-14(13)20-16-18-11-10-15(21-16)19-12-6-2-1-3-7-12/h4-5,8-12H,1-3,6-7H2,(H2,18,19,20,21). The summed E-state index contributed by atoms with van der Waals surface area (Å²) in [7, 11) is 0. The minimum Gasteiger partial charge on any atom is -0.367 e. The minimum atomic E-state index is 0.529. The molecule has 21 heavy (non-hydrogen) atoms. The number of halogens is 1. The largest absolute Gasteiger partial charge is 0.367 e. The topological polar surface area (TPSA) is 49.8 Å². The van der Waals surface area contributed by atoms with E-state index in [1.165, 1.54) is 32.1 Å². The number of aromatic nitrogens is 2. The van der Waals surface area contributed by atoms with E-state index in [2.05, 4.69) is 20.6 Å². The van der Waals surface area contributed by atoms with Crippen LogP contribution in [0.2, 0.25) is 5.02 Å². The Hall–Kier alpha value is -1.81. The summed E-state index contributed by atoms with van der Waals surface area (Å²) < 4.78 is 0. The van der Waals surface area contributed by atoms with Crippen LogP contribution in [-0.2, 0) is 0 Å². The van der Waals surface area contributed by atoms with Gasteiger partial charge in [0.25, 0.3) is 0 Å². The Balaban J connectivity index is 1.69. The molecular formula is C16H19ClN4. The summed E-state index contributed by atoms with van der Waals surface area (Å²) in [6.07, 6.45) is 8.15. The van der Waals surface area contributed by atoms with E-state index in [0.717, 1.165) is 11.5 Å². The molecule has 0 spiro atoms. The van der Waals surface area contributed by atoms with Crippen LogP contribution in [0.5, 0.6) is 0 Å². The molecule has 0 saturated heterocycles. The van der Waals surface area contributed by atoms with Crippen molar-refractivity contribution in [3.8, 4) is 0 Å². The maximum absolute atomic E-state index is 6.14. The van der Waals surface area contributed by atoms with E-state index in [9.17, 15) is 0 Å². The van der Waals surface area contributed by atoms with Crippen LogP contribution in [-0.4, -0.2) is 16.0 Å². The zero-order valence-corrected chi connectivity index (χ0v) is 12.6. The Morgan fingerprint density at radius 2 is 1.86 bits per heavy atom. The van der Waals surface area contributed by atoms with Crippen molar-refractivity contribution >= 4 is 29.1 Å². The molecule has 1 aromatic carbocycles. The van der Waals surface area contributed by atoms with E-state index in [1.54, 1.807) is 6.20 Å². The van der Waals surface area contributed by atoms with Gasteiger partial charge in [0.1, 0.15) is 5.82 Å². The van der Waals surface area contributed by atoms with Crippen LogP contribution in [0.15, 0.2) is 36.5 Å². The Morgan fingerprint density at radius 1 is 1.05 bits per heavy atom. The third-order valence-corrected chi connectivity index (χ3v) is 4.06. The number of nitrogens with zero attached hydrogens (tertiary/aromatic N) is 2. The first-order valence-corrected chi connectivity index (χ1v) is 7.80. The van der Waals surface area contributed by atoms with Gasteiger partial charge in [-0.1, -0.05) is 43.0 Å². The summed E-state index contributed by atoms with van der Waals surface area (Å²) in [6.45, 7) is 0. The number of hydrogen-bond acceptors (Lipinski definition) is 4. The molecule has 1 fully saturated rings. The normalized spacial score (nSPS) is 15.7. The molecule has 0 aliphatic heterocycles. The number of para-hydroxylation sites is 1. The molecule has 1 aromatic heterocycles. The zero-order valence-electron chi connectivity index (χ0n) is 11.8. The summed E-state index contributed by atoms with van der Waals surface area (Å²) in [5.41, 5.74) is 0.814. The second kappa shape index (κ2) is 6.76. The van der Waals surface area contributed by atoms with Crippen molar-refractivity contribution in [2.24, 2.45) is 0 Å². The second-order valence-corrected chi connectivity index (χ2v) is 5.76. The van der Waals surface area contributed by atoms with E-state index in [1.807, 2.05) is 30.3 Å². The highest BCUT2D eigenvalue weighted by Gasteiger charge is 2.13. The first-order chi connectivity index (χ1) is 10.3. The van der Waals surface area contributed by atoms with Gasteiger partial charge in [-0.15, -0.1) is 0 Å². The summed E-state index contributed by atoms with van der Waals surface area (Å²) in [5.74, 6) is 1.43. The Bertz CT molecular complexity index is 596. The maximum atomic E-state index is 6.14. The summed E-state index contributed by atoms with van der Waals surface area (Å²) in [6, 6.07) is 10.0. The van der Waals surface area contributed by atoms with Crippen molar-refractivity contribution in [2.45, 2.75) is 38.1 Å². The summed E-state index contributed by atoms with van der Waals surface area (Å²) >= 11 is 6.14. The monoisotopic (exact) mass is 302 g/mol. The molecule has 0 bridgehead atoms. The molecular weight excluding hydrogens is 284 g/mol. The van der Waals surface area contributed by atoms with Crippen LogP contribution in [0.25, 0.3) is 0 Å². The molecule has 1 aliphatic carbocycles. The average molecular weight is 303 g/mol. The van der Waals surface area contributed by atoms with Crippen molar-refractivity contribution in [3.05, 3.63) is 41.6 Å². The molecule has 5 heteroatoms. The third kappa shape index (κ3) is 3.85. The molecule has 0 unspecified atom stereocenters. The van der Waals surface area contributed by atoms with Gasteiger partial charge < -0.3 is 10.6 Å². The van der Waals surface area contributed by atoms with Crippen LogP contribution in [0.1, 0.15) is 32.1 Å². The Labute approximate surface area is 130 Å². The molecule has 1 heterocycles. The lowest BCUT2D eigenvalue weighted by Crippen LogP contribution is -2.22. The van der Waals surface area contributed by atoms with Gasteiger partial charge >= 0.3 is 0 Å². The van der Waals surface area contributed by atoms with Gasteiger partial charge in [0.15, 0.2) is 0 Å². The molecule has 110 valence electrons. The highest BCUT2D eigenvalue weighted by Crippen LogP contribution is 2.24. The molecule has 2 aromatic rings. The molecule has 0 amide bonds. The number of hydrogen-bond donors (Lipinski definition) is 2. The van der Waals surface area contributed by atoms with Crippen molar-refractivity contribution in [3.63, 3.8) is 0 Å². The molecule has 0 radical (unpaired) electrons. The Kier molecular flexibility index (Phi) is 4.55. The third-order valence-electron chi connectivity index (χ3n) is 3.73. The van der Waals surface area contributed by atoms with Crippen molar-refractivity contribution < 1.29 is 0 Å². The lowest BCUT2D eigenvalue weighted by molar-refractivity contribution is 0.462. The quantitative estimate of drug-likeness (QED) is 0.865. The van der Waals surface area contributed by atoms with Crippen LogP contribution < -0.4 is 10.6 Å². The van der Waals surface area contributed by atoms with Gasteiger partial charge in [0.2, 0.25) is 5.95 Å². The van der Waals surface area contributed by atoms with Crippen LogP contribution >= 0.6 is 11.6 Å². The smallest absolute Gasteiger partial charge is 0.229 e. The molecule has 1 aliphatic rings. The number of anilines is 3. The SMILES string of the molecule is Clc1ccccc1Nc1nccc(NC2CCCCC2)n1. The minimum absolute atomic E-state index is 0.529. The predicted octanol–water partition coefficient (Wildman–Crippen LogP) is 4.62. The van der Waals surface area contributed by atoms with Gasteiger partial charge in [0, 0.05) is 12.2 Å². The van der Waals surface area contributed by atoms with Crippen molar-refractivity contribution in [1.82, 2.24) is 9.97 Å². The summed E-state index contributed by atoms with van der Waals surface area (Å²) in [5, 5.41) is 7.31. The van der Waals surface area contributed by atoms with Gasteiger partial charge in [0.05, 0.1) is 10.7 Å². The van der Waals surface area contributed by atoms with Crippen LogP contribution in [0, 0.1) is 0 Å². The van der Waals surface area contributed by atoms with E-state index >= 15 is 0 Å². The first-order valence-electron chi connectivity index (χ1n) is 7.42. The lowest BCUT2D eigenvalue weighted by Gasteiger charge is -2.23. The fourth-order valence-corrected chi connectivity index (χ4v) is 2.82. The number of nitrogens with one attached hydrogen (secondary N) is 2. The van der Waals surface area contributed by atoms with E-state index in [4.69, 9.17) is 11.6 Å². The lowest BCUT2D eigenvalue weighted by atomic mass is 9.95. The maximum Gasteiger partial charge on any atom is 0.229 e. The van der Waals surface area contributed by atoms with Gasteiger partial charge in [-0.3, -0.25) is 0 Å². The molecule has 4 nitrogen and oxygen atoms in total. The van der Waals surface area contributed by atoms with Crippen molar-refractivity contribution in [1.29, 1.82) is 0 Å². The molecule has 2 N–H and O–H groups in total. The average Bonchev–Trinajstić information content (AvgIpc) is 2.51. The van der Waals surface area contributed by atoms with E-state index in [0.29, 0.717) is 17.0 Å². The zero-order chi connectivity index (χ0) is 14.5.